The second-order valence-corrected chi connectivity index (χ2v) is 4.42. The first kappa shape index (κ1) is 10.1. The van der Waals surface area contributed by atoms with E-state index >= 15 is 0 Å². The number of aromatic nitrogens is 2. The molecule has 3 heteroatoms. The van der Waals surface area contributed by atoms with Gasteiger partial charge in [-0.2, -0.15) is 5.10 Å². The quantitative estimate of drug-likeness (QED) is 0.721. The summed E-state index contributed by atoms with van der Waals surface area (Å²) in [5.41, 5.74) is 8.22. The van der Waals surface area contributed by atoms with Gasteiger partial charge in [-0.25, -0.2) is 4.68 Å². The molecule has 1 heterocycles. The molecule has 74 valence electrons. The summed E-state index contributed by atoms with van der Waals surface area (Å²) < 4.78 is 1.86. The van der Waals surface area contributed by atoms with Crippen molar-refractivity contribution in [2.75, 3.05) is 5.73 Å². The third-order valence-electron chi connectivity index (χ3n) is 2.25. The summed E-state index contributed by atoms with van der Waals surface area (Å²) in [6, 6.07) is 0. The second kappa shape index (κ2) is 3.05. The van der Waals surface area contributed by atoms with Crippen LogP contribution in [0.25, 0.3) is 0 Å². The number of nitrogen functional groups attached to an aromatic ring is 1. The number of aryl methyl sites for hydroxylation is 1. The van der Waals surface area contributed by atoms with Crippen LogP contribution in [0.5, 0.6) is 0 Å². The molecule has 0 fully saturated rings. The smallest absolute Gasteiger partial charge is 0.124 e. The van der Waals surface area contributed by atoms with Gasteiger partial charge in [-0.1, -0.05) is 20.8 Å². The Morgan fingerprint density at radius 3 is 2.15 bits per heavy atom. The molecule has 1 aromatic rings. The van der Waals surface area contributed by atoms with Gasteiger partial charge in [-0.15, -0.1) is 0 Å². The first-order valence-electron chi connectivity index (χ1n) is 4.71. The van der Waals surface area contributed by atoms with Crippen molar-refractivity contribution in [1.82, 2.24) is 9.78 Å². The zero-order chi connectivity index (χ0) is 10.2. The standard InChI is InChI=1S/C10H19N3/c1-6-13-9(11)7(2)8(12-13)10(3,4)5/h6,11H2,1-5H3. The van der Waals surface area contributed by atoms with E-state index < -0.39 is 0 Å². The fourth-order valence-corrected chi connectivity index (χ4v) is 1.52. The van der Waals surface area contributed by atoms with Crippen molar-refractivity contribution in [3.63, 3.8) is 0 Å². The highest BCUT2D eigenvalue weighted by molar-refractivity contribution is 5.44. The van der Waals surface area contributed by atoms with Crippen LogP contribution in [-0.4, -0.2) is 9.78 Å². The van der Waals surface area contributed by atoms with Gasteiger partial charge < -0.3 is 5.73 Å². The highest BCUT2D eigenvalue weighted by atomic mass is 15.3. The summed E-state index contributed by atoms with van der Waals surface area (Å²) in [7, 11) is 0. The fraction of sp³-hybridized carbons (Fsp3) is 0.700. The lowest BCUT2D eigenvalue weighted by Crippen LogP contribution is -2.14. The van der Waals surface area contributed by atoms with Crippen LogP contribution in [0.3, 0.4) is 0 Å². The van der Waals surface area contributed by atoms with Crippen molar-refractivity contribution in [2.24, 2.45) is 0 Å². The Kier molecular flexibility index (Phi) is 2.37. The number of nitrogens with two attached hydrogens (primary N) is 1. The molecule has 0 unspecified atom stereocenters. The highest BCUT2D eigenvalue weighted by Gasteiger charge is 2.22. The number of anilines is 1. The number of nitrogens with zero attached hydrogens (tertiary/aromatic N) is 2. The van der Waals surface area contributed by atoms with Crippen molar-refractivity contribution in [3.05, 3.63) is 11.3 Å². The molecular formula is C10H19N3. The topological polar surface area (TPSA) is 43.8 Å². The van der Waals surface area contributed by atoms with E-state index in [2.05, 4.69) is 32.8 Å². The fourth-order valence-electron chi connectivity index (χ4n) is 1.52. The van der Waals surface area contributed by atoms with E-state index in [0.717, 1.165) is 23.6 Å². The molecule has 0 aliphatic carbocycles. The zero-order valence-electron chi connectivity index (χ0n) is 9.18. The van der Waals surface area contributed by atoms with Crippen LogP contribution in [0.15, 0.2) is 0 Å². The molecule has 0 spiro atoms. The lowest BCUT2D eigenvalue weighted by Gasteiger charge is -2.15. The van der Waals surface area contributed by atoms with Crippen LogP contribution >= 0.6 is 0 Å². The van der Waals surface area contributed by atoms with Crippen LogP contribution < -0.4 is 5.73 Å². The Balaban J connectivity index is 3.25. The predicted molar refractivity (Wildman–Crippen MR) is 55.8 cm³/mol. The lowest BCUT2D eigenvalue weighted by molar-refractivity contribution is 0.540. The van der Waals surface area contributed by atoms with E-state index in [-0.39, 0.29) is 5.41 Å². The summed E-state index contributed by atoms with van der Waals surface area (Å²) in [6.45, 7) is 11.4. The van der Waals surface area contributed by atoms with Gasteiger partial charge in [0.1, 0.15) is 5.82 Å². The normalized spacial score (nSPS) is 12.1. The molecule has 0 saturated carbocycles. The number of rotatable bonds is 1. The molecule has 3 nitrogen and oxygen atoms in total. The maximum absolute atomic E-state index is 5.91. The van der Waals surface area contributed by atoms with Crippen molar-refractivity contribution in [1.29, 1.82) is 0 Å². The van der Waals surface area contributed by atoms with Crippen molar-refractivity contribution < 1.29 is 0 Å². The molecule has 0 bridgehead atoms. The molecule has 0 atom stereocenters. The minimum atomic E-state index is 0.0820. The lowest BCUT2D eigenvalue weighted by atomic mass is 9.90. The number of hydrogen-bond acceptors (Lipinski definition) is 2. The average molecular weight is 181 g/mol. The molecule has 0 saturated heterocycles. The molecule has 2 N–H and O–H groups in total. The van der Waals surface area contributed by atoms with Crippen LogP contribution in [0.1, 0.15) is 39.0 Å². The van der Waals surface area contributed by atoms with Crippen LogP contribution in [0.4, 0.5) is 5.82 Å². The van der Waals surface area contributed by atoms with Crippen LogP contribution in [-0.2, 0) is 12.0 Å². The van der Waals surface area contributed by atoms with E-state index in [1.807, 2.05) is 11.6 Å². The van der Waals surface area contributed by atoms with Gasteiger partial charge >= 0.3 is 0 Å². The predicted octanol–water partition coefficient (Wildman–Crippen LogP) is 2.09. The van der Waals surface area contributed by atoms with Crippen molar-refractivity contribution >= 4 is 5.82 Å². The second-order valence-electron chi connectivity index (χ2n) is 4.42. The molecule has 0 aliphatic rings. The molecule has 13 heavy (non-hydrogen) atoms. The first-order chi connectivity index (χ1) is 5.88. The largest absolute Gasteiger partial charge is 0.384 e. The first-order valence-corrected chi connectivity index (χ1v) is 4.71. The van der Waals surface area contributed by atoms with E-state index in [9.17, 15) is 0 Å². The molecular weight excluding hydrogens is 162 g/mol. The summed E-state index contributed by atoms with van der Waals surface area (Å²) >= 11 is 0. The molecule has 0 aromatic carbocycles. The van der Waals surface area contributed by atoms with E-state index in [0.29, 0.717) is 0 Å². The van der Waals surface area contributed by atoms with Crippen LogP contribution in [0, 0.1) is 6.92 Å². The Morgan fingerprint density at radius 2 is 1.92 bits per heavy atom. The molecule has 0 radical (unpaired) electrons. The summed E-state index contributed by atoms with van der Waals surface area (Å²) in [4.78, 5) is 0. The van der Waals surface area contributed by atoms with E-state index in [1.165, 1.54) is 0 Å². The summed E-state index contributed by atoms with van der Waals surface area (Å²) in [5, 5.41) is 4.49. The summed E-state index contributed by atoms with van der Waals surface area (Å²) in [6.07, 6.45) is 0. The minimum Gasteiger partial charge on any atom is -0.384 e. The molecule has 0 amide bonds. The van der Waals surface area contributed by atoms with Gasteiger partial charge in [-0.05, 0) is 13.8 Å². The van der Waals surface area contributed by atoms with Gasteiger partial charge in [-0.3, -0.25) is 0 Å². The van der Waals surface area contributed by atoms with Crippen LogP contribution in [0.2, 0.25) is 0 Å². The van der Waals surface area contributed by atoms with Gasteiger partial charge in [0.2, 0.25) is 0 Å². The van der Waals surface area contributed by atoms with E-state index in [4.69, 9.17) is 5.73 Å². The third-order valence-corrected chi connectivity index (χ3v) is 2.25. The minimum absolute atomic E-state index is 0.0820. The van der Waals surface area contributed by atoms with E-state index in [1.54, 1.807) is 0 Å². The molecule has 0 aliphatic heterocycles. The maximum atomic E-state index is 5.91. The van der Waals surface area contributed by atoms with Gasteiger partial charge in [0, 0.05) is 17.5 Å². The molecule has 1 aromatic heterocycles. The number of hydrogen-bond donors (Lipinski definition) is 1. The van der Waals surface area contributed by atoms with Gasteiger partial charge in [0.15, 0.2) is 0 Å². The Hall–Kier alpha value is -0.990. The maximum Gasteiger partial charge on any atom is 0.124 e. The summed E-state index contributed by atoms with van der Waals surface area (Å²) in [5.74, 6) is 0.799. The van der Waals surface area contributed by atoms with Gasteiger partial charge in [0.25, 0.3) is 0 Å². The SMILES string of the molecule is CCn1nc(C(C)(C)C)c(C)c1N. The Morgan fingerprint density at radius 1 is 1.38 bits per heavy atom. The van der Waals surface area contributed by atoms with Crippen molar-refractivity contribution in [3.8, 4) is 0 Å². The van der Waals surface area contributed by atoms with Gasteiger partial charge in [0.05, 0.1) is 5.69 Å². The van der Waals surface area contributed by atoms with Crippen molar-refractivity contribution in [2.45, 2.75) is 46.6 Å². The Labute approximate surface area is 79.9 Å². The average Bonchev–Trinajstić information content (AvgIpc) is 2.28. The highest BCUT2D eigenvalue weighted by Crippen LogP contribution is 2.27. The zero-order valence-corrected chi connectivity index (χ0v) is 9.18. The Bertz CT molecular complexity index is 305. The third kappa shape index (κ3) is 1.69. The molecule has 1 rings (SSSR count). The monoisotopic (exact) mass is 181 g/mol.